The Kier molecular flexibility index (Phi) is 21.5. The van der Waals surface area contributed by atoms with Crippen LogP contribution in [0.2, 0.25) is 0 Å². The van der Waals surface area contributed by atoms with Crippen LogP contribution < -0.4 is 5.32 Å². The summed E-state index contributed by atoms with van der Waals surface area (Å²) < 4.78 is 42.0. The predicted octanol–water partition coefficient (Wildman–Crippen LogP) is 4.43. The third kappa shape index (κ3) is 15.2. The minimum atomic E-state index is -2.65. The monoisotopic (exact) mass is 937 g/mol. The van der Waals surface area contributed by atoms with Crippen LogP contribution in [0.5, 0.6) is 0 Å². The number of aliphatic carboxylic acids is 1. The van der Waals surface area contributed by atoms with E-state index in [4.69, 9.17) is 38.3 Å². The van der Waals surface area contributed by atoms with Crippen LogP contribution in [0, 0.1) is 17.3 Å². The lowest BCUT2D eigenvalue weighted by Gasteiger charge is -2.54. The smallest absolute Gasteiger partial charge is 0.328 e. The lowest BCUT2D eigenvalue weighted by molar-refractivity contribution is -0.367. The van der Waals surface area contributed by atoms with Gasteiger partial charge in [-0.2, -0.15) is 0 Å². The molecule has 16 nitrogen and oxygen atoms in total. The molecule has 3 heterocycles. The SMILES string of the molecule is C/C=C\C=C\[C@@H]1O[C@](O)(C(CO[C@@H]2C[C@@H](OC)[C@@H](O)[C@@H](C)O2)C(=O)NC/C=C/C=C(\C)C(OC)C(C)C2CC(O)C(/C=C/C=C/C=C/C(=O)O)O2)[C@H](OC(=O)Cc2ccccc2)[C@H](O)C1(C)C. The summed E-state index contributed by atoms with van der Waals surface area (Å²) >= 11 is 0. The first-order valence-corrected chi connectivity index (χ1v) is 22.7. The predicted molar refractivity (Wildman–Crippen MR) is 249 cm³/mol. The minimum absolute atomic E-state index is 0.0269. The second-order valence-electron chi connectivity index (χ2n) is 17.7. The van der Waals surface area contributed by atoms with E-state index in [0.717, 1.165) is 11.6 Å². The molecule has 3 aliphatic heterocycles. The van der Waals surface area contributed by atoms with E-state index in [1.54, 1.807) is 119 Å². The largest absolute Gasteiger partial charge is 0.478 e. The first kappa shape index (κ1) is 55.0. The Morgan fingerprint density at radius 1 is 0.955 bits per heavy atom. The number of nitrogens with one attached hydrogen (secondary N) is 1. The van der Waals surface area contributed by atoms with Crippen molar-refractivity contribution in [1.82, 2.24) is 5.32 Å². The zero-order chi connectivity index (χ0) is 49.3. The van der Waals surface area contributed by atoms with Crippen molar-refractivity contribution in [3.63, 3.8) is 0 Å². The van der Waals surface area contributed by atoms with Gasteiger partial charge >= 0.3 is 11.9 Å². The van der Waals surface area contributed by atoms with Gasteiger partial charge in [-0.3, -0.25) is 9.59 Å². The molecular formula is C51H71NO15. The molecular weight excluding hydrogens is 867 g/mol. The first-order valence-electron chi connectivity index (χ1n) is 22.7. The number of esters is 1. The van der Waals surface area contributed by atoms with Gasteiger partial charge in [0.25, 0.3) is 0 Å². The molecule has 16 heteroatoms. The van der Waals surface area contributed by atoms with Crippen molar-refractivity contribution >= 4 is 17.8 Å². The molecule has 0 radical (unpaired) electrons. The van der Waals surface area contributed by atoms with Crippen LogP contribution in [0.3, 0.4) is 0 Å². The number of carboxylic acids is 1. The van der Waals surface area contributed by atoms with Crippen LogP contribution in [0.25, 0.3) is 0 Å². The van der Waals surface area contributed by atoms with E-state index in [1.807, 2.05) is 26.8 Å². The van der Waals surface area contributed by atoms with Crippen molar-refractivity contribution in [2.24, 2.45) is 17.3 Å². The number of hydrogen-bond acceptors (Lipinski definition) is 14. The van der Waals surface area contributed by atoms with Gasteiger partial charge in [-0.25, -0.2) is 4.79 Å². The molecule has 3 aliphatic rings. The molecule has 4 rings (SSSR count). The molecule has 6 N–H and O–H groups in total. The molecule has 1 aromatic rings. The molecule has 67 heavy (non-hydrogen) atoms. The molecule has 1 aromatic carbocycles. The third-order valence-electron chi connectivity index (χ3n) is 12.5. The molecule has 0 saturated carbocycles. The number of carbonyl (C=O) groups is 3. The number of hydrogen-bond donors (Lipinski definition) is 6. The summed E-state index contributed by atoms with van der Waals surface area (Å²) in [5, 5.41) is 57.7. The van der Waals surface area contributed by atoms with Crippen molar-refractivity contribution < 1.29 is 73.1 Å². The van der Waals surface area contributed by atoms with Crippen molar-refractivity contribution in [3.8, 4) is 0 Å². The van der Waals surface area contributed by atoms with Gasteiger partial charge in [-0.05, 0) is 31.9 Å². The quantitative estimate of drug-likeness (QED) is 0.0537. The fourth-order valence-corrected chi connectivity index (χ4v) is 8.43. The third-order valence-corrected chi connectivity index (χ3v) is 12.5. The summed E-state index contributed by atoms with van der Waals surface area (Å²) in [5.74, 6) is -7.01. The van der Waals surface area contributed by atoms with Crippen LogP contribution in [-0.4, -0.2) is 144 Å². The molecule has 1 amide bonds. The average molecular weight is 938 g/mol. The van der Waals surface area contributed by atoms with Crippen molar-refractivity contribution in [3.05, 3.63) is 120 Å². The maximum atomic E-state index is 14.5. The van der Waals surface area contributed by atoms with Crippen LogP contribution in [0.15, 0.2) is 115 Å². The van der Waals surface area contributed by atoms with Crippen molar-refractivity contribution in [2.45, 2.75) is 134 Å². The Labute approximate surface area is 394 Å². The zero-order valence-corrected chi connectivity index (χ0v) is 39.8. The Balaban J connectivity index is 1.56. The van der Waals surface area contributed by atoms with E-state index >= 15 is 0 Å². The number of allylic oxidation sites excluding steroid dienone is 9. The fraction of sp³-hybridized carbons (Fsp3) is 0.549. The van der Waals surface area contributed by atoms with Gasteiger partial charge in [-0.1, -0.05) is 124 Å². The Bertz CT molecular complexity index is 1960. The van der Waals surface area contributed by atoms with E-state index in [2.05, 4.69) is 5.32 Å². The number of aliphatic hydroxyl groups is 4. The number of ether oxygens (including phenoxy) is 7. The lowest BCUT2D eigenvalue weighted by Crippen LogP contribution is -2.71. The molecule has 370 valence electrons. The summed E-state index contributed by atoms with van der Waals surface area (Å²) in [4.78, 5) is 38.7. The standard InChI is InChI=1S/C51H71NO15/c1-9-10-14-25-41-50(5,6)47(58)48(66-43(56)28-35-22-15-13-16-23-35)51(60,67-41)36(31-63-44-30-40(61-7)45(57)34(4)64-44)49(59)52-27-20-19-21-32(2)46(62-8)33(3)39-29-37(53)38(65-39)24-17-11-12-18-26-42(54)55/h9-26,33-34,36-41,44-48,53,57-58,60H,27-31H2,1-8H3,(H,52,59)(H,54,55)/b10-9-,12-11+,20-19+,24-17+,25-14+,26-18+,32-21+/t33?,34-,36?,37?,38?,39?,40-,41+,44+,45+,46?,47+,48-,51-/m1/s1. The number of rotatable bonds is 22. The summed E-state index contributed by atoms with van der Waals surface area (Å²) in [7, 11) is 3.04. The minimum Gasteiger partial charge on any atom is -0.478 e. The van der Waals surface area contributed by atoms with E-state index in [-0.39, 0.29) is 31.4 Å². The van der Waals surface area contributed by atoms with E-state index in [1.165, 1.54) is 13.2 Å². The number of methoxy groups -OCH3 is 2. The Morgan fingerprint density at radius 3 is 2.33 bits per heavy atom. The lowest BCUT2D eigenvalue weighted by atomic mass is 9.71. The van der Waals surface area contributed by atoms with E-state index < -0.39 is 103 Å². The molecule has 3 saturated heterocycles. The second-order valence-corrected chi connectivity index (χ2v) is 17.7. The highest BCUT2D eigenvalue weighted by molar-refractivity contribution is 5.81. The van der Waals surface area contributed by atoms with E-state index in [9.17, 15) is 34.8 Å². The number of carboxylic acid groups (broad SMARTS) is 1. The number of amides is 1. The van der Waals surface area contributed by atoms with Crippen molar-refractivity contribution in [2.75, 3.05) is 27.4 Å². The number of benzene rings is 1. The van der Waals surface area contributed by atoms with Crippen LogP contribution >= 0.6 is 0 Å². The summed E-state index contributed by atoms with van der Waals surface area (Å²) in [6, 6.07) is 8.83. The zero-order valence-electron chi connectivity index (χ0n) is 39.8. The summed E-state index contributed by atoms with van der Waals surface area (Å²) in [6.45, 7) is 10.2. The molecule has 0 aromatic heterocycles. The average Bonchev–Trinajstić information content (AvgIpc) is 3.66. The van der Waals surface area contributed by atoms with Gasteiger partial charge in [0.05, 0.1) is 49.7 Å². The maximum Gasteiger partial charge on any atom is 0.328 e. The van der Waals surface area contributed by atoms with Gasteiger partial charge in [0, 0.05) is 51.0 Å². The van der Waals surface area contributed by atoms with Gasteiger partial charge < -0.3 is 64.0 Å². The summed E-state index contributed by atoms with van der Waals surface area (Å²) in [5.41, 5.74) is 0.338. The van der Waals surface area contributed by atoms with E-state index in [0.29, 0.717) is 12.0 Å². The second kappa shape index (κ2) is 26.2. The molecule has 0 bridgehead atoms. The van der Waals surface area contributed by atoms with Crippen molar-refractivity contribution in [1.29, 1.82) is 0 Å². The molecule has 0 spiro atoms. The highest BCUT2D eigenvalue weighted by Gasteiger charge is 2.63. The topological polar surface area (TPSA) is 229 Å². The Hall–Kier alpha value is -4.59. The van der Waals surface area contributed by atoms with Crippen LogP contribution in [0.4, 0.5) is 0 Å². The normalized spacial score (nSPS) is 31.9. The highest BCUT2D eigenvalue weighted by atomic mass is 16.7. The fourth-order valence-electron chi connectivity index (χ4n) is 8.43. The number of carbonyl (C=O) groups excluding carboxylic acids is 2. The van der Waals surface area contributed by atoms with Gasteiger partial charge in [-0.15, -0.1) is 0 Å². The van der Waals surface area contributed by atoms with Gasteiger partial charge in [0.1, 0.15) is 24.2 Å². The van der Waals surface area contributed by atoms with Gasteiger partial charge in [0.15, 0.2) is 12.4 Å². The summed E-state index contributed by atoms with van der Waals surface area (Å²) in [6.07, 6.45) is 11.9. The first-order chi connectivity index (χ1) is 31.9. The Morgan fingerprint density at radius 2 is 1.66 bits per heavy atom. The molecule has 6 unspecified atom stereocenters. The highest BCUT2D eigenvalue weighted by Crippen LogP contribution is 2.46. The molecule has 14 atom stereocenters. The van der Waals surface area contributed by atoms with Gasteiger partial charge in [0.2, 0.25) is 11.7 Å². The number of aliphatic hydroxyl groups excluding tert-OH is 3. The molecule has 3 fully saturated rings. The van der Waals surface area contributed by atoms with Crippen LogP contribution in [-0.2, 0) is 54.0 Å². The van der Waals surface area contributed by atoms with Crippen LogP contribution in [0.1, 0.15) is 59.9 Å². The molecule has 0 aliphatic carbocycles. The maximum absolute atomic E-state index is 14.5.